The Morgan fingerprint density at radius 3 is 2.57 bits per heavy atom. The van der Waals surface area contributed by atoms with E-state index in [-0.39, 0.29) is 17.8 Å². The van der Waals surface area contributed by atoms with E-state index >= 15 is 0 Å². The largest absolute Gasteiger partial charge is 0.497 e. The molecule has 2 aromatic rings. The zero-order chi connectivity index (χ0) is 21.1. The van der Waals surface area contributed by atoms with Crippen LogP contribution in [-0.2, 0) is 9.53 Å². The predicted molar refractivity (Wildman–Crippen MR) is 126 cm³/mol. The molecule has 0 radical (unpaired) electrons. The standard InChI is InChI=1S/C25H22Br2O3/c1-29-20-13-10-18(11-14-20)22-16-25(24(28)30-22)19(12-15-23(26)27)8-5-9-21(25)17-6-3-2-4-7-17/h2-8,10-11,13-16,19,21H,9,12H2,1H3/t19-,21-,25+/m1/s1. The molecule has 30 heavy (non-hydrogen) atoms. The molecule has 3 nitrogen and oxygen atoms in total. The first-order valence-corrected chi connectivity index (χ1v) is 11.5. The van der Waals surface area contributed by atoms with Crippen molar-refractivity contribution in [2.75, 3.05) is 7.11 Å². The summed E-state index contributed by atoms with van der Waals surface area (Å²) in [4.78, 5) is 13.5. The quantitative estimate of drug-likeness (QED) is 0.310. The average Bonchev–Trinajstić information content (AvgIpc) is 3.11. The maximum absolute atomic E-state index is 13.5. The van der Waals surface area contributed by atoms with Gasteiger partial charge in [-0.2, -0.15) is 0 Å². The van der Waals surface area contributed by atoms with Crippen LogP contribution in [0.25, 0.3) is 5.76 Å². The van der Waals surface area contributed by atoms with Crippen LogP contribution in [0.4, 0.5) is 0 Å². The Morgan fingerprint density at radius 1 is 1.17 bits per heavy atom. The van der Waals surface area contributed by atoms with Gasteiger partial charge in [-0.05, 0) is 80.6 Å². The van der Waals surface area contributed by atoms with Gasteiger partial charge >= 0.3 is 5.97 Å². The van der Waals surface area contributed by atoms with Gasteiger partial charge in [-0.3, -0.25) is 4.79 Å². The van der Waals surface area contributed by atoms with Crippen molar-refractivity contribution in [1.82, 2.24) is 0 Å². The molecule has 1 aliphatic carbocycles. The highest BCUT2D eigenvalue weighted by molar-refractivity contribution is 9.28. The fourth-order valence-electron chi connectivity index (χ4n) is 4.47. The van der Waals surface area contributed by atoms with Crippen LogP contribution < -0.4 is 4.74 Å². The van der Waals surface area contributed by atoms with Crippen molar-refractivity contribution in [3.63, 3.8) is 0 Å². The number of hydrogen-bond donors (Lipinski definition) is 0. The summed E-state index contributed by atoms with van der Waals surface area (Å²) >= 11 is 6.89. The number of rotatable bonds is 5. The number of ether oxygens (including phenoxy) is 2. The number of esters is 1. The first-order valence-electron chi connectivity index (χ1n) is 9.87. The van der Waals surface area contributed by atoms with Crippen LogP contribution >= 0.6 is 31.9 Å². The Labute approximate surface area is 193 Å². The van der Waals surface area contributed by atoms with E-state index in [9.17, 15) is 4.79 Å². The Hall–Kier alpha value is -2.11. The molecule has 0 N–H and O–H groups in total. The van der Waals surface area contributed by atoms with E-state index in [1.807, 2.05) is 42.5 Å². The van der Waals surface area contributed by atoms with Gasteiger partial charge in [0.05, 0.1) is 10.5 Å². The van der Waals surface area contributed by atoms with Crippen LogP contribution in [0.2, 0.25) is 0 Å². The second-order valence-corrected chi connectivity index (χ2v) is 10.3. The summed E-state index contributed by atoms with van der Waals surface area (Å²) in [6, 6.07) is 17.9. The molecule has 0 bridgehead atoms. The molecule has 0 fully saturated rings. The highest BCUT2D eigenvalue weighted by atomic mass is 79.9. The fraction of sp³-hybridized carbons (Fsp3) is 0.240. The van der Waals surface area contributed by atoms with Gasteiger partial charge in [-0.1, -0.05) is 48.6 Å². The molecule has 1 heterocycles. The third-order valence-electron chi connectivity index (χ3n) is 5.96. The Balaban J connectivity index is 1.82. The number of benzene rings is 2. The molecule has 5 heteroatoms. The Kier molecular flexibility index (Phi) is 6.30. The fourth-order valence-corrected chi connectivity index (χ4v) is 4.84. The van der Waals surface area contributed by atoms with Crippen LogP contribution in [0, 0.1) is 11.3 Å². The van der Waals surface area contributed by atoms with Crippen molar-refractivity contribution in [2.24, 2.45) is 11.3 Å². The molecule has 1 spiro atoms. The van der Waals surface area contributed by atoms with E-state index in [4.69, 9.17) is 9.47 Å². The van der Waals surface area contributed by atoms with Crippen LogP contribution in [0.1, 0.15) is 29.9 Å². The molecule has 0 unspecified atom stereocenters. The third kappa shape index (κ3) is 3.93. The van der Waals surface area contributed by atoms with Crippen LogP contribution in [0.3, 0.4) is 0 Å². The molecule has 0 aromatic heterocycles. The van der Waals surface area contributed by atoms with Gasteiger partial charge in [0.1, 0.15) is 16.9 Å². The maximum atomic E-state index is 13.5. The van der Waals surface area contributed by atoms with Gasteiger partial charge in [0.25, 0.3) is 0 Å². The summed E-state index contributed by atoms with van der Waals surface area (Å²) in [5.41, 5.74) is 1.27. The van der Waals surface area contributed by atoms with Crippen molar-refractivity contribution in [3.05, 3.63) is 93.4 Å². The van der Waals surface area contributed by atoms with Gasteiger partial charge in [-0.25, -0.2) is 0 Å². The number of allylic oxidation sites excluding steroid dienone is 3. The van der Waals surface area contributed by atoms with Crippen molar-refractivity contribution in [1.29, 1.82) is 0 Å². The summed E-state index contributed by atoms with van der Waals surface area (Å²) < 4.78 is 12.0. The zero-order valence-electron chi connectivity index (χ0n) is 16.6. The monoisotopic (exact) mass is 528 g/mol. The minimum atomic E-state index is -0.753. The van der Waals surface area contributed by atoms with Crippen molar-refractivity contribution in [2.45, 2.75) is 18.8 Å². The molecular weight excluding hydrogens is 508 g/mol. The molecule has 0 amide bonds. The molecule has 0 saturated heterocycles. The smallest absolute Gasteiger partial charge is 0.322 e. The SMILES string of the molecule is COc1ccc(C2=C[C@]3(C(=O)O2)[C@@H](CC=C(Br)Br)C=CC[C@@H]3c2ccccc2)cc1. The number of halogens is 2. The van der Waals surface area contributed by atoms with Crippen LogP contribution in [0.5, 0.6) is 5.75 Å². The van der Waals surface area contributed by atoms with E-state index in [1.54, 1.807) is 7.11 Å². The lowest BCUT2D eigenvalue weighted by molar-refractivity contribution is -0.146. The Morgan fingerprint density at radius 2 is 1.90 bits per heavy atom. The van der Waals surface area contributed by atoms with Gasteiger partial charge in [-0.15, -0.1) is 0 Å². The van der Waals surface area contributed by atoms with Crippen molar-refractivity contribution in [3.8, 4) is 5.75 Å². The van der Waals surface area contributed by atoms with Crippen LogP contribution in [0.15, 0.2) is 82.3 Å². The summed E-state index contributed by atoms with van der Waals surface area (Å²) in [6.07, 6.45) is 9.97. The molecule has 1 aliphatic heterocycles. The number of carbonyl (C=O) groups is 1. The number of cyclic esters (lactones) is 1. The summed E-state index contributed by atoms with van der Waals surface area (Å²) in [6.45, 7) is 0. The maximum Gasteiger partial charge on any atom is 0.322 e. The van der Waals surface area contributed by atoms with Gasteiger partial charge in [0.2, 0.25) is 0 Å². The topological polar surface area (TPSA) is 35.5 Å². The van der Waals surface area contributed by atoms with Gasteiger partial charge in [0, 0.05) is 17.4 Å². The van der Waals surface area contributed by atoms with Gasteiger partial charge in [0.15, 0.2) is 0 Å². The van der Waals surface area contributed by atoms with E-state index in [0.717, 1.165) is 26.7 Å². The van der Waals surface area contributed by atoms with E-state index in [1.165, 1.54) is 0 Å². The lowest BCUT2D eigenvalue weighted by Crippen LogP contribution is -2.41. The van der Waals surface area contributed by atoms with E-state index in [2.05, 4.69) is 68.3 Å². The second-order valence-electron chi connectivity index (χ2n) is 7.52. The zero-order valence-corrected chi connectivity index (χ0v) is 19.7. The normalized spacial score (nSPS) is 25.0. The first kappa shape index (κ1) is 21.1. The second kappa shape index (κ2) is 8.94. The van der Waals surface area contributed by atoms with Crippen LogP contribution in [-0.4, -0.2) is 13.1 Å². The Bertz CT molecular complexity index is 1000. The number of methoxy groups -OCH3 is 1. The molecule has 3 atom stereocenters. The first-order chi connectivity index (χ1) is 14.5. The summed E-state index contributed by atoms with van der Waals surface area (Å²) in [7, 11) is 1.64. The minimum absolute atomic E-state index is 0.00944. The van der Waals surface area contributed by atoms with Crippen molar-refractivity contribution < 1.29 is 14.3 Å². The van der Waals surface area contributed by atoms with Crippen molar-refractivity contribution >= 4 is 43.6 Å². The molecular formula is C25H22Br2O3. The molecule has 2 aliphatic rings. The van der Waals surface area contributed by atoms with E-state index in [0.29, 0.717) is 12.2 Å². The van der Waals surface area contributed by atoms with E-state index < -0.39 is 5.41 Å². The molecule has 154 valence electrons. The lowest BCUT2D eigenvalue weighted by atomic mass is 9.60. The predicted octanol–water partition coefficient (Wildman–Crippen LogP) is 6.96. The number of hydrogen-bond acceptors (Lipinski definition) is 3. The molecule has 4 rings (SSSR count). The summed E-state index contributed by atoms with van der Waals surface area (Å²) in [5, 5.41) is 0. The summed E-state index contributed by atoms with van der Waals surface area (Å²) in [5.74, 6) is 1.21. The lowest BCUT2D eigenvalue weighted by Gasteiger charge is -2.40. The third-order valence-corrected chi connectivity index (χ3v) is 6.61. The minimum Gasteiger partial charge on any atom is -0.497 e. The molecule has 0 saturated carbocycles. The van der Waals surface area contributed by atoms with Gasteiger partial charge < -0.3 is 9.47 Å². The average molecular weight is 530 g/mol. The highest BCUT2D eigenvalue weighted by Gasteiger charge is 2.55. The highest BCUT2D eigenvalue weighted by Crippen LogP contribution is 2.55. The number of carbonyl (C=O) groups excluding carboxylic acids is 1. The molecule has 2 aromatic carbocycles.